The second kappa shape index (κ2) is 11.4. The molecule has 0 aliphatic carbocycles. The Morgan fingerprint density at radius 1 is 1.17 bits per heavy atom. The second-order valence-electron chi connectivity index (χ2n) is 8.04. The normalized spacial score (nSPS) is 17.7. The van der Waals surface area contributed by atoms with Gasteiger partial charge in [-0.15, -0.1) is 0 Å². The second-order valence-corrected chi connectivity index (χ2v) is 8.04. The van der Waals surface area contributed by atoms with Crippen LogP contribution in [0.5, 0.6) is 5.75 Å². The van der Waals surface area contributed by atoms with E-state index in [9.17, 15) is 0 Å². The van der Waals surface area contributed by atoms with E-state index in [1.807, 2.05) is 12.1 Å². The number of furan rings is 1. The van der Waals surface area contributed by atoms with Gasteiger partial charge in [-0.3, -0.25) is 4.90 Å². The standard InChI is InChI=1S/C24H36N2O3/c1-4-25(18-23-10-11-24(29-23)19-27-2)16-21-8-6-13-26(17-21)14-12-20-7-5-9-22(15-20)28-3/h5,7,9-11,15,21H,4,6,8,12-14,16-19H2,1-3H3/t21-/m0/s1. The molecule has 1 aliphatic rings. The van der Waals surface area contributed by atoms with Crippen molar-refractivity contribution in [3.63, 3.8) is 0 Å². The monoisotopic (exact) mass is 400 g/mol. The molecule has 1 fully saturated rings. The fraction of sp³-hybridized carbons (Fsp3) is 0.583. The van der Waals surface area contributed by atoms with Gasteiger partial charge in [0, 0.05) is 26.7 Å². The van der Waals surface area contributed by atoms with E-state index < -0.39 is 0 Å². The largest absolute Gasteiger partial charge is 0.497 e. The summed E-state index contributed by atoms with van der Waals surface area (Å²) in [5.74, 6) is 3.61. The van der Waals surface area contributed by atoms with Crippen molar-refractivity contribution >= 4 is 0 Å². The third-order valence-electron chi connectivity index (χ3n) is 5.80. The van der Waals surface area contributed by atoms with Gasteiger partial charge in [0.05, 0.1) is 13.7 Å². The van der Waals surface area contributed by atoms with E-state index in [4.69, 9.17) is 13.9 Å². The number of likely N-dealkylation sites (tertiary alicyclic amines) is 1. The molecule has 3 rings (SSSR count). The van der Waals surface area contributed by atoms with Crippen molar-refractivity contribution in [1.82, 2.24) is 9.80 Å². The predicted octanol–water partition coefficient (Wildman–Crippen LogP) is 4.21. The van der Waals surface area contributed by atoms with Gasteiger partial charge in [-0.05, 0) is 68.1 Å². The first-order valence-electron chi connectivity index (χ1n) is 10.8. The number of rotatable bonds is 11. The summed E-state index contributed by atoms with van der Waals surface area (Å²) in [5.41, 5.74) is 1.35. The van der Waals surface area contributed by atoms with Crippen molar-refractivity contribution in [2.45, 2.75) is 39.3 Å². The Hall–Kier alpha value is -1.82. The summed E-state index contributed by atoms with van der Waals surface area (Å²) in [5, 5.41) is 0. The first kappa shape index (κ1) is 21.9. The van der Waals surface area contributed by atoms with E-state index >= 15 is 0 Å². The number of piperidine rings is 1. The minimum Gasteiger partial charge on any atom is -0.497 e. The first-order chi connectivity index (χ1) is 14.2. The van der Waals surface area contributed by atoms with Crippen LogP contribution in [0, 0.1) is 5.92 Å². The fourth-order valence-corrected chi connectivity index (χ4v) is 4.24. The lowest BCUT2D eigenvalue weighted by Crippen LogP contribution is -2.41. The summed E-state index contributed by atoms with van der Waals surface area (Å²) in [6, 6.07) is 12.5. The number of nitrogens with zero attached hydrogens (tertiary/aromatic N) is 2. The molecule has 1 aromatic carbocycles. The maximum absolute atomic E-state index is 5.89. The molecule has 0 radical (unpaired) electrons. The molecule has 0 unspecified atom stereocenters. The number of hydrogen-bond donors (Lipinski definition) is 0. The Bertz CT molecular complexity index is 730. The van der Waals surface area contributed by atoms with Gasteiger partial charge < -0.3 is 18.8 Å². The molecule has 0 amide bonds. The maximum Gasteiger partial charge on any atom is 0.129 e. The van der Waals surface area contributed by atoms with Crippen molar-refractivity contribution in [3.8, 4) is 5.75 Å². The molecule has 0 spiro atoms. The van der Waals surface area contributed by atoms with Crippen LogP contribution in [0.4, 0.5) is 0 Å². The molecule has 1 atom stereocenters. The van der Waals surface area contributed by atoms with E-state index in [0.717, 1.165) is 55.8 Å². The molecule has 29 heavy (non-hydrogen) atoms. The van der Waals surface area contributed by atoms with Gasteiger partial charge in [-0.2, -0.15) is 0 Å². The van der Waals surface area contributed by atoms with E-state index in [1.54, 1.807) is 14.2 Å². The highest BCUT2D eigenvalue weighted by Gasteiger charge is 2.22. The Balaban J connectivity index is 1.47. The highest BCUT2D eigenvalue weighted by atomic mass is 16.5. The molecule has 0 bridgehead atoms. The van der Waals surface area contributed by atoms with Crippen LogP contribution < -0.4 is 4.74 Å². The van der Waals surface area contributed by atoms with Gasteiger partial charge in [0.15, 0.2) is 0 Å². The Morgan fingerprint density at radius 3 is 2.83 bits per heavy atom. The predicted molar refractivity (Wildman–Crippen MR) is 116 cm³/mol. The number of methoxy groups -OCH3 is 2. The molecule has 2 aromatic rings. The van der Waals surface area contributed by atoms with Crippen molar-refractivity contribution in [1.29, 1.82) is 0 Å². The highest BCUT2D eigenvalue weighted by Crippen LogP contribution is 2.20. The van der Waals surface area contributed by atoms with Crippen LogP contribution >= 0.6 is 0 Å². The van der Waals surface area contributed by atoms with Gasteiger partial charge in [0.2, 0.25) is 0 Å². The summed E-state index contributed by atoms with van der Waals surface area (Å²) in [6.45, 7) is 9.35. The zero-order chi connectivity index (χ0) is 20.5. The first-order valence-corrected chi connectivity index (χ1v) is 10.8. The maximum atomic E-state index is 5.89. The highest BCUT2D eigenvalue weighted by molar-refractivity contribution is 5.28. The molecular formula is C24H36N2O3. The van der Waals surface area contributed by atoms with E-state index in [0.29, 0.717) is 6.61 Å². The van der Waals surface area contributed by atoms with Crippen LogP contribution in [-0.4, -0.2) is 56.7 Å². The quantitative estimate of drug-likeness (QED) is 0.565. The molecule has 0 saturated carbocycles. The summed E-state index contributed by atoms with van der Waals surface area (Å²) in [6.07, 6.45) is 3.69. The van der Waals surface area contributed by atoms with E-state index in [2.05, 4.69) is 41.0 Å². The summed E-state index contributed by atoms with van der Waals surface area (Å²) in [4.78, 5) is 5.14. The minimum atomic E-state index is 0.539. The lowest BCUT2D eigenvalue weighted by molar-refractivity contribution is 0.126. The summed E-state index contributed by atoms with van der Waals surface area (Å²) < 4.78 is 16.4. The molecule has 1 aliphatic heterocycles. The zero-order valence-corrected chi connectivity index (χ0v) is 18.2. The lowest BCUT2D eigenvalue weighted by atomic mass is 9.96. The van der Waals surface area contributed by atoms with Crippen molar-refractivity contribution in [2.75, 3.05) is 46.9 Å². The smallest absolute Gasteiger partial charge is 0.129 e. The molecule has 5 nitrogen and oxygen atoms in total. The Kier molecular flexibility index (Phi) is 8.59. The van der Waals surface area contributed by atoms with Crippen LogP contribution in [-0.2, 0) is 24.3 Å². The minimum absolute atomic E-state index is 0.539. The van der Waals surface area contributed by atoms with Gasteiger partial charge in [-0.25, -0.2) is 0 Å². The molecule has 0 N–H and O–H groups in total. The van der Waals surface area contributed by atoms with Crippen LogP contribution in [0.3, 0.4) is 0 Å². The third kappa shape index (κ3) is 6.88. The molecule has 5 heteroatoms. The van der Waals surface area contributed by atoms with Crippen LogP contribution in [0.1, 0.15) is 36.8 Å². The number of hydrogen-bond acceptors (Lipinski definition) is 5. The van der Waals surface area contributed by atoms with Gasteiger partial charge in [0.25, 0.3) is 0 Å². The average molecular weight is 401 g/mol. The van der Waals surface area contributed by atoms with Crippen LogP contribution in [0.15, 0.2) is 40.8 Å². The Labute approximate surface area is 175 Å². The average Bonchev–Trinajstić information content (AvgIpc) is 3.19. The van der Waals surface area contributed by atoms with E-state index in [1.165, 1.54) is 31.5 Å². The summed E-state index contributed by atoms with van der Waals surface area (Å²) >= 11 is 0. The topological polar surface area (TPSA) is 38.1 Å². The molecule has 160 valence electrons. The van der Waals surface area contributed by atoms with Crippen LogP contribution in [0.25, 0.3) is 0 Å². The molecular weight excluding hydrogens is 364 g/mol. The van der Waals surface area contributed by atoms with Crippen molar-refractivity contribution in [2.24, 2.45) is 5.92 Å². The lowest BCUT2D eigenvalue weighted by Gasteiger charge is -2.35. The zero-order valence-electron chi connectivity index (χ0n) is 18.2. The molecule has 2 heterocycles. The fourth-order valence-electron chi connectivity index (χ4n) is 4.24. The number of benzene rings is 1. The van der Waals surface area contributed by atoms with Gasteiger partial charge >= 0.3 is 0 Å². The third-order valence-corrected chi connectivity index (χ3v) is 5.80. The molecule has 1 saturated heterocycles. The SMILES string of the molecule is CCN(Cc1ccc(COC)o1)C[C@@H]1CCCN(CCc2cccc(OC)c2)C1. The van der Waals surface area contributed by atoms with Crippen LogP contribution in [0.2, 0.25) is 0 Å². The van der Waals surface area contributed by atoms with E-state index in [-0.39, 0.29) is 0 Å². The molecule has 1 aromatic heterocycles. The number of ether oxygens (including phenoxy) is 2. The van der Waals surface area contributed by atoms with Gasteiger partial charge in [-0.1, -0.05) is 19.1 Å². The van der Waals surface area contributed by atoms with Crippen molar-refractivity contribution < 1.29 is 13.9 Å². The van der Waals surface area contributed by atoms with Gasteiger partial charge in [0.1, 0.15) is 23.9 Å². The Morgan fingerprint density at radius 2 is 2.03 bits per heavy atom. The van der Waals surface area contributed by atoms with Crippen molar-refractivity contribution in [3.05, 3.63) is 53.5 Å². The summed E-state index contributed by atoms with van der Waals surface area (Å²) in [7, 11) is 3.43.